The van der Waals surface area contributed by atoms with Gasteiger partial charge in [-0.25, -0.2) is 4.98 Å². The fourth-order valence-electron chi connectivity index (χ4n) is 6.26. The molecular weight excluding hydrogens is 537 g/mol. The summed E-state index contributed by atoms with van der Waals surface area (Å²) in [7, 11) is -0.849. The molecule has 43 heavy (non-hydrogen) atoms. The normalized spacial score (nSPS) is 11.5. The van der Waals surface area contributed by atoms with Crippen LogP contribution in [0, 0.1) is 0 Å². The average Bonchev–Trinajstić information content (AvgIpc) is 3.08. The van der Waals surface area contributed by atoms with Crippen molar-refractivity contribution < 1.29 is 0 Å². The quantitative estimate of drug-likeness (QED) is 0.189. The van der Waals surface area contributed by atoms with Crippen LogP contribution >= 0.6 is 7.92 Å². The molecule has 0 aliphatic carbocycles. The van der Waals surface area contributed by atoms with Crippen molar-refractivity contribution in [1.29, 1.82) is 0 Å². The highest BCUT2D eigenvalue weighted by Gasteiger charge is 2.25. The Kier molecular flexibility index (Phi) is 6.52. The Morgan fingerprint density at radius 2 is 0.884 bits per heavy atom. The first-order valence-electron chi connectivity index (χ1n) is 14.7. The molecule has 0 radical (unpaired) electrons. The van der Waals surface area contributed by atoms with Crippen molar-refractivity contribution in [2.75, 3.05) is 0 Å². The zero-order valence-electron chi connectivity index (χ0n) is 23.6. The number of hydrogen-bond donors (Lipinski definition) is 0. The molecule has 0 atom stereocenters. The predicted molar refractivity (Wildman–Crippen MR) is 186 cm³/mol. The van der Waals surface area contributed by atoms with Crippen LogP contribution in [0.2, 0.25) is 0 Å². The van der Waals surface area contributed by atoms with Gasteiger partial charge in [-0.05, 0) is 63.1 Å². The van der Waals surface area contributed by atoms with E-state index in [-0.39, 0.29) is 0 Å². The minimum atomic E-state index is -0.849. The van der Waals surface area contributed by atoms with Crippen LogP contribution in [0.5, 0.6) is 0 Å². The summed E-state index contributed by atoms with van der Waals surface area (Å²) in [6.45, 7) is 0. The van der Waals surface area contributed by atoms with Gasteiger partial charge in [-0.2, -0.15) is 0 Å². The van der Waals surface area contributed by atoms with Crippen molar-refractivity contribution in [3.05, 3.63) is 170 Å². The Bertz CT molecular complexity index is 2200. The van der Waals surface area contributed by atoms with Gasteiger partial charge in [0, 0.05) is 16.5 Å². The van der Waals surface area contributed by atoms with E-state index in [0.717, 1.165) is 22.2 Å². The summed E-state index contributed by atoms with van der Waals surface area (Å²) in [5.41, 5.74) is 5.68. The molecule has 0 N–H and O–H groups in total. The number of pyridine rings is 1. The highest BCUT2D eigenvalue weighted by atomic mass is 31.1. The van der Waals surface area contributed by atoms with Crippen LogP contribution in [0.3, 0.4) is 0 Å². The van der Waals surface area contributed by atoms with Crippen LogP contribution in [-0.2, 0) is 0 Å². The third-order valence-corrected chi connectivity index (χ3v) is 10.7. The second-order valence-electron chi connectivity index (χ2n) is 10.8. The van der Waals surface area contributed by atoms with Crippen LogP contribution in [0.4, 0.5) is 0 Å². The van der Waals surface area contributed by atoms with Crippen LogP contribution in [0.15, 0.2) is 170 Å². The standard InChI is InChI=1S/C41H28NP/c1-3-16-32(17-4-1)43(33-18-5-2-6-19-33)39-28-25-30-14-8-11-21-35(30)41(39)40-34-20-10-7-13-29(34)23-26-36(40)38-27-24-31-15-9-12-22-37(31)42-38/h1-28H. The second kappa shape index (κ2) is 11.0. The zero-order chi connectivity index (χ0) is 28.6. The maximum absolute atomic E-state index is 5.21. The molecule has 202 valence electrons. The Hall–Kier alpha value is -5.10. The molecule has 7 aromatic carbocycles. The molecule has 0 saturated carbocycles. The van der Waals surface area contributed by atoms with E-state index >= 15 is 0 Å². The summed E-state index contributed by atoms with van der Waals surface area (Å²) in [6.07, 6.45) is 0. The summed E-state index contributed by atoms with van der Waals surface area (Å²) < 4.78 is 0. The SMILES string of the molecule is c1ccc(P(c2ccccc2)c2ccc3ccccc3c2-c2c(-c3ccc4ccccc4n3)ccc3ccccc23)cc1. The monoisotopic (exact) mass is 565 g/mol. The highest BCUT2D eigenvalue weighted by Crippen LogP contribution is 2.45. The van der Waals surface area contributed by atoms with Crippen molar-refractivity contribution >= 4 is 56.3 Å². The first-order valence-corrected chi connectivity index (χ1v) is 16.0. The van der Waals surface area contributed by atoms with Gasteiger partial charge in [0.15, 0.2) is 0 Å². The predicted octanol–water partition coefficient (Wildman–Crippen LogP) is 9.63. The summed E-state index contributed by atoms with van der Waals surface area (Å²) >= 11 is 0. The van der Waals surface area contributed by atoms with Crippen LogP contribution in [0.1, 0.15) is 0 Å². The van der Waals surface area contributed by atoms with Crippen LogP contribution < -0.4 is 15.9 Å². The van der Waals surface area contributed by atoms with Crippen LogP contribution in [-0.4, -0.2) is 4.98 Å². The lowest BCUT2D eigenvalue weighted by Gasteiger charge is -2.25. The minimum absolute atomic E-state index is 0.849. The molecule has 2 heteroatoms. The Balaban J connectivity index is 1.52. The molecule has 0 aliphatic heterocycles. The average molecular weight is 566 g/mol. The fraction of sp³-hybridized carbons (Fsp3) is 0. The first kappa shape index (κ1) is 25.6. The third kappa shape index (κ3) is 4.59. The number of aromatic nitrogens is 1. The Labute approximate surface area is 252 Å². The molecule has 0 aliphatic rings. The van der Waals surface area contributed by atoms with E-state index in [4.69, 9.17) is 4.98 Å². The van der Waals surface area contributed by atoms with Gasteiger partial charge in [0.1, 0.15) is 0 Å². The zero-order valence-corrected chi connectivity index (χ0v) is 24.5. The van der Waals surface area contributed by atoms with Gasteiger partial charge in [-0.15, -0.1) is 0 Å². The first-order chi connectivity index (χ1) is 21.3. The molecular formula is C41H28NP. The molecule has 1 aromatic heterocycles. The molecule has 0 bridgehead atoms. The molecule has 0 unspecified atom stereocenters. The van der Waals surface area contributed by atoms with E-state index in [1.165, 1.54) is 48.6 Å². The number of fused-ring (bicyclic) bond motifs is 3. The molecule has 1 nitrogen and oxygen atoms in total. The van der Waals surface area contributed by atoms with Crippen LogP contribution in [0.25, 0.3) is 54.8 Å². The molecule has 0 amide bonds. The topological polar surface area (TPSA) is 12.9 Å². The lowest BCUT2D eigenvalue weighted by molar-refractivity contribution is 1.40. The van der Waals surface area contributed by atoms with Gasteiger partial charge in [-0.1, -0.05) is 158 Å². The number of rotatable bonds is 5. The van der Waals surface area contributed by atoms with E-state index in [0.29, 0.717) is 0 Å². The largest absolute Gasteiger partial charge is 0.248 e. The number of nitrogens with zero attached hydrogens (tertiary/aromatic N) is 1. The lowest BCUT2D eigenvalue weighted by atomic mass is 9.88. The molecule has 0 fully saturated rings. The van der Waals surface area contributed by atoms with E-state index in [1.807, 2.05) is 0 Å². The smallest absolute Gasteiger partial charge is 0.0716 e. The summed E-state index contributed by atoms with van der Waals surface area (Å²) in [6, 6.07) is 61.6. The van der Waals surface area contributed by atoms with E-state index in [9.17, 15) is 0 Å². The summed E-state index contributed by atoms with van der Waals surface area (Å²) in [4.78, 5) is 5.21. The summed E-state index contributed by atoms with van der Waals surface area (Å²) in [5.74, 6) is 0. The van der Waals surface area contributed by atoms with Crippen molar-refractivity contribution in [3.8, 4) is 22.4 Å². The van der Waals surface area contributed by atoms with Gasteiger partial charge in [0.05, 0.1) is 11.2 Å². The number of para-hydroxylation sites is 1. The van der Waals surface area contributed by atoms with E-state index in [1.54, 1.807) is 0 Å². The van der Waals surface area contributed by atoms with Gasteiger partial charge in [0.2, 0.25) is 0 Å². The fourth-order valence-corrected chi connectivity index (χ4v) is 8.74. The maximum Gasteiger partial charge on any atom is 0.0716 e. The minimum Gasteiger partial charge on any atom is -0.248 e. The lowest BCUT2D eigenvalue weighted by Crippen LogP contribution is -2.22. The third-order valence-electron chi connectivity index (χ3n) is 8.23. The maximum atomic E-state index is 5.21. The Morgan fingerprint density at radius 3 is 1.56 bits per heavy atom. The van der Waals surface area contributed by atoms with E-state index in [2.05, 4.69) is 170 Å². The number of hydrogen-bond acceptors (Lipinski definition) is 1. The van der Waals surface area contributed by atoms with Gasteiger partial charge in [0.25, 0.3) is 0 Å². The van der Waals surface area contributed by atoms with Crippen molar-refractivity contribution in [2.45, 2.75) is 0 Å². The molecule has 0 spiro atoms. The van der Waals surface area contributed by atoms with Crippen molar-refractivity contribution in [1.82, 2.24) is 4.98 Å². The molecule has 1 heterocycles. The van der Waals surface area contributed by atoms with Gasteiger partial charge >= 0.3 is 0 Å². The molecule has 0 saturated heterocycles. The van der Waals surface area contributed by atoms with Crippen molar-refractivity contribution in [2.24, 2.45) is 0 Å². The second-order valence-corrected chi connectivity index (χ2v) is 13.0. The number of benzene rings is 7. The summed E-state index contributed by atoms with van der Waals surface area (Å²) in [5, 5.41) is 10.1. The molecule has 8 rings (SSSR count). The van der Waals surface area contributed by atoms with E-state index < -0.39 is 7.92 Å². The van der Waals surface area contributed by atoms with Gasteiger partial charge in [-0.3, -0.25) is 0 Å². The molecule has 8 aromatic rings. The Morgan fingerprint density at radius 1 is 0.372 bits per heavy atom. The highest BCUT2D eigenvalue weighted by molar-refractivity contribution is 7.80. The van der Waals surface area contributed by atoms with Crippen molar-refractivity contribution in [3.63, 3.8) is 0 Å². The van der Waals surface area contributed by atoms with Gasteiger partial charge < -0.3 is 0 Å².